The number of piperidine rings is 1. The van der Waals surface area contributed by atoms with E-state index in [1.54, 1.807) is 0 Å². The molecule has 0 spiro atoms. The molecule has 6 nitrogen and oxygen atoms in total. The summed E-state index contributed by atoms with van der Waals surface area (Å²) >= 11 is 0. The van der Waals surface area contributed by atoms with Crippen LogP contribution in [0.3, 0.4) is 0 Å². The van der Waals surface area contributed by atoms with Crippen molar-refractivity contribution < 1.29 is 13.2 Å². The van der Waals surface area contributed by atoms with E-state index in [1.165, 1.54) is 6.26 Å². The molecule has 0 bridgehead atoms. The van der Waals surface area contributed by atoms with Crippen molar-refractivity contribution in [3.05, 3.63) is 0 Å². The lowest BCUT2D eigenvalue weighted by molar-refractivity contribution is -0.142. The van der Waals surface area contributed by atoms with Gasteiger partial charge in [0.2, 0.25) is 15.9 Å². The minimum Gasteiger partial charge on any atom is -0.342 e. The summed E-state index contributed by atoms with van der Waals surface area (Å²) < 4.78 is 24.9. The molecule has 7 heteroatoms. The van der Waals surface area contributed by atoms with Crippen LogP contribution >= 0.6 is 0 Å². The molecule has 0 aliphatic carbocycles. The molecule has 2 heterocycles. The second kappa shape index (κ2) is 5.99. The molecule has 0 aromatic carbocycles. The SMILES string of the molecule is CC1(C(=O)N2CCCC(CNS(C)(=O)=O)C2)CCNC1. The quantitative estimate of drug-likeness (QED) is 0.752. The van der Waals surface area contributed by atoms with Gasteiger partial charge in [0.05, 0.1) is 11.7 Å². The summed E-state index contributed by atoms with van der Waals surface area (Å²) in [5.74, 6) is 0.437. The Morgan fingerprint density at radius 3 is 2.85 bits per heavy atom. The fraction of sp³-hybridized carbons (Fsp3) is 0.923. The van der Waals surface area contributed by atoms with E-state index in [4.69, 9.17) is 0 Å². The summed E-state index contributed by atoms with van der Waals surface area (Å²) in [5, 5.41) is 3.25. The van der Waals surface area contributed by atoms with Crippen molar-refractivity contribution in [1.82, 2.24) is 14.9 Å². The Morgan fingerprint density at radius 2 is 2.25 bits per heavy atom. The summed E-state index contributed by atoms with van der Waals surface area (Å²) in [7, 11) is -3.15. The molecule has 0 saturated carbocycles. The van der Waals surface area contributed by atoms with Gasteiger partial charge in [-0.05, 0) is 38.6 Å². The molecule has 2 unspecified atom stereocenters. The Morgan fingerprint density at radius 1 is 1.50 bits per heavy atom. The molecular weight excluding hydrogens is 278 g/mol. The zero-order chi connectivity index (χ0) is 14.8. The number of rotatable bonds is 4. The third-order valence-corrected chi connectivity index (χ3v) is 5.02. The fourth-order valence-corrected chi connectivity index (χ4v) is 3.61. The van der Waals surface area contributed by atoms with Crippen LogP contribution in [-0.4, -0.2) is 58.2 Å². The first-order chi connectivity index (χ1) is 9.30. The highest BCUT2D eigenvalue weighted by atomic mass is 32.2. The normalized spacial score (nSPS) is 31.5. The molecule has 20 heavy (non-hydrogen) atoms. The van der Waals surface area contributed by atoms with E-state index in [-0.39, 0.29) is 17.2 Å². The molecule has 2 aliphatic heterocycles. The van der Waals surface area contributed by atoms with Crippen molar-refractivity contribution in [2.24, 2.45) is 11.3 Å². The number of likely N-dealkylation sites (tertiary alicyclic amines) is 1. The van der Waals surface area contributed by atoms with Crippen LogP contribution in [0.2, 0.25) is 0 Å². The lowest BCUT2D eigenvalue weighted by atomic mass is 9.86. The maximum absolute atomic E-state index is 12.6. The average Bonchev–Trinajstić information content (AvgIpc) is 2.83. The molecule has 0 aromatic heterocycles. The molecule has 2 fully saturated rings. The Balaban J connectivity index is 1.91. The predicted molar refractivity (Wildman–Crippen MR) is 77.7 cm³/mol. The second-order valence-corrected chi connectivity index (χ2v) is 8.20. The van der Waals surface area contributed by atoms with E-state index in [2.05, 4.69) is 10.0 Å². The predicted octanol–water partition coefficient (Wildman–Crippen LogP) is -0.226. The van der Waals surface area contributed by atoms with Crippen LogP contribution < -0.4 is 10.0 Å². The van der Waals surface area contributed by atoms with Crippen molar-refractivity contribution in [3.8, 4) is 0 Å². The molecule has 0 radical (unpaired) electrons. The van der Waals surface area contributed by atoms with Gasteiger partial charge in [-0.3, -0.25) is 4.79 Å². The number of carbonyl (C=O) groups excluding carboxylic acids is 1. The van der Waals surface area contributed by atoms with Crippen LogP contribution in [0.5, 0.6) is 0 Å². The molecule has 2 rings (SSSR count). The smallest absolute Gasteiger partial charge is 0.229 e. The van der Waals surface area contributed by atoms with E-state index in [0.29, 0.717) is 13.1 Å². The highest BCUT2D eigenvalue weighted by Gasteiger charge is 2.40. The summed E-state index contributed by atoms with van der Waals surface area (Å²) in [6.07, 6.45) is 3.98. The van der Waals surface area contributed by atoms with Gasteiger partial charge in [0, 0.05) is 26.2 Å². The number of sulfonamides is 1. The number of hydrogen-bond donors (Lipinski definition) is 2. The Labute approximate surface area is 121 Å². The fourth-order valence-electron chi connectivity index (χ4n) is 3.07. The second-order valence-electron chi connectivity index (χ2n) is 6.37. The molecule has 2 aliphatic rings. The highest BCUT2D eigenvalue weighted by molar-refractivity contribution is 7.88. The molecule has 1 amide bonds. The van der Waals surface area contributed by atoms with Gasteiger partial charge < -0.3 is 10.2 Å². The first kappa shape index (κ1) is 15.7. The lowest BCUT2D eigenvalue weighted by Gasteiger charge is -2.37. The maximum Gasteiger partial charge on any atom is 0.229 e. The van der Waals surface area contributed by atoms with Gasteiger partial charge >= 0.3 is 0 Å². The average molecular weight is 303 g/mol. The van der Waals surface area contributed by atoms with Gasteiger partial charge in [0.15, 0.2) is 0 Å². The lowest BCUT2D eigenvalue weighted by Crippen LogP contribution is -2.49. The number of carbonyl (C=O) groups is 1. The van der Waals surface area contributed by atoms with Crippen molar-refractivity contribution in [2.75, 3.05) is 39.0 Å². The number of nitrogens with zero attached hydrogens (tertiary/aromatic N) is 1. The van der Waals surface area contributed by atoms with Crippen molar-refractivity contribution in [3.63, 3.8) is 0 Å². The van der Waals surface area contributed by atoms with Gasteiger partial charge in [-0.25, -0.2) is 13.1 Å². The highest BCUT2D eigenvalue weighted by Crippen LogP contribution is 2.29. The van der Waals surface area contributed by atoms with Crippen molar-refractivity contribution in [1.29, 1.82) is 0 Å². The van der Waals surface area contributed by atoms with Gasteiger partial charge in [0.25, 0.3) is 0 Å². The molecule has 0 aromatic rings. The van der Waals surface area contributed by atoms with E-state index in [0.717, 1.165) is 38.9 Å². The molecule has 2 N–H and O–H groups in total. The van der Waals surface area contributed by atoms with Gasteiger partial charge in [-0.2, -0.15) is 0 Å². The van der Waals surface area contributed by atoms with Gasteiger partial charge in [0.1, 0.15) is 0 Å². The van der Waals surface area contributed by atoms with Crippen LogP contribution in [0.25, 0.3) is 0 Å². The zero-order valence-corrected chi connectivity index (χ0v) is 13.1. The zero-order valence-electron chi connectivity index (χ0n) is 12.3. The van der Waals surface area contributed by atoms with E-state index in [9.17, 15) is 13.2 Å². The van der Waals surface area contributed by atoms with E-state index in [1.807, 2.05) is 11.8 Å². The molecule has 2 saturated heterocycles. The van der Waals surface area contributed by atoms with Gasteiger partial charge in [-0.1, -0.05) is 0 Å². The van der Waals surface area contributed by atoms with E-state index < -0.39 is 10.0 Å². The van der Waals surface area contributed by atoms with Crippen LogP contribution in [0.4, 0.5) is 0 Å². The van der Waals surface area contributed by atoms with Crippen LogP contribution in [0, 0.1) is 11.3 Å². The first-order valence-corrected chi connectivity index (χ1v) is 9.14. The molecule has 116 valence electrons. The van der Waals surface area contributed by atoms with Crippen LogP contribution in [0.15, 0.2) is 0 Å². The van der Waals surface area contributed by atoms with Crippen molar-refractivity contribution in [2.45, 2.75) is 26.2 Å². The minimum absolute atomic E-state index is 0.214. The topological polar surface area (TPSA) is 78.5 Å². The Kier molecular flexibility index (Phi) is 4.71. The Bertz CT molecular complexity index is 457. The van der Waals surface area contributed by atoms with Crippen LogP contribution in [-0.2, 0) is 14.8 Å². The largest absolute Gasteiger partial charge is 0.342 e. The number of amides is 1. The summed E-state index contributed by atoms with van der Waals surface area (Å²) in [6, 6.07) is 0. The third kappa shape index (κ3) is 3.93. The van der Waals surface area contributed by atoms with Gasteiger partial charge in [-0.15, -0.1) is 0 Å². The van der Waals surface area contributed by atoms with Crippen LogP contribution in [0.1, 0.15) is 26.2 Å². The summed E-state index contributed by atoms with van der Waals surface area (Å²) in [6.45, 7) is 5.55. The van der Waals surface area contributed by atoms with Crippen molar-refractivity contribution >= 4 is 15.9 Å². The maximum atomic E-state index is 12.6. The first-order valence-electron chi connectivity index (χ1n) is 7.25. The third-order valence-electron chi connectivity index (χ3n) is 4.33. The summed E-state index contributed by atoms with van der Waals surface area (Å²) in [5.41, 5.74) is -0.286. The standard InChI is InChI=1S/C13H25N3O3S/c1-13(5-6-14-10-13)12(17)16-7-3-4-11(9-16)8-15-20(2,18)19/h11,14-15H,3-10H2,1-2H3. The molecular formula is C13H25N3O3S. The molecule has 2 atom stereocenters. The van der Waals surface area contributed by atoms with E-state index >= 15 is 0 Å². The minimum atomic E-state index is -3.15. The number of hydrogen-bond acceptors (Lipinski definition) is 4. The monoisotopic (exact) mass is 303 g/mol. The Hall–Kier alpha value is -0.660. The summed E-state index contributed by atoms with van der Waals surface area (Å²) in [4.78, 5) is 14.5. The number of nitrogens with one attached hydrogen (secondary N) is 2.